The molecule has 11 rings (SSSR count). The van der Waals surface area contributed by atoms with Crippen molar-refractivity contribution < 1.29 is 8.83 Å². The molecule has 0 spiro atoms. The molecule has 4 heteroatoms. The van der Waals surface area contributed by atoms with Crippen LogP contribution in [0, 0.1) is 13.8 Å². The van der Waals surface area contributed by atoms with Gasteiger partial charge in [0.15, 0.2) is 0 Å². The fraction of sp³-hybridized carbons (Fsp3) is 0.0400. The predicted octanol–water partition coefficient (Wildman–Crippen LogP) is 13.9. The molecule has 0 saturated heterocycles. The lowest BCUT2D eigenvalue weighted by Crippen LogP contribution is -1.95. The standard InChI is InChI=1S/C50H32N2O2/c1-29-22-41(31-10-4-3-5-11-31)39-18-19-40-42(23-30(2)52-50(40)49(39)51-29)36-25-34(32-16-20-47-43(27-32)37-12-6-8-14-45(37)53-47)24-35(26-36)33-17-21-48-44(28-33)38-13-7-9-15-46(38)54-48/h3-28H,1-2H3. The lowest BCUT2D eigenvalue weighted by molar-refractivity contribution is 0.668. The molecule has 4 aromatic heterocycles. The molecule has 4 heterocycles. The summed E-state index contributed by atoms with van der Waals surface area (Å²) in [5.41, 5.74) is 16.3. The number of benzene rings is 7. The third-order valence-electron chi connectivity index (χ3n) is 10.8. The van der Waals surface area contributed by atoms with Gasteiger partial charge in [0.2, 0.25) is 0 Å². The van der Waals surface area contributed by atoms with E-state index in [2.05, 4.69) is 147 Å². The maximum absolute atomic E-state index is 6.22. The van der Waals surface area contributed by atoms with Gasteiger partial charge in [-0.2, -0.15) is 0 Å². The Morgan fingerprint density at radius 3 is 1.30 bits per heavy atom. The van der Waals surface area contributed by atoms with Crippen molar-refractivity contribution >= 4 is 65.7 Å². The number of hydrogen-bond donors (Lipinski definition) is 0. The summed E-state index contributed by atoms with van der Waals surface area (Å²) in [6.45, 7) is 4.15. The van der Waals surface area contributed by atoms with Crippen molar-refractivity contribution in [2.24, 2.45) is 0 Å². The van der Waals surface area contributed by atoms with Gasteiger partial charge in [-0.25, -0.2) is 0 Å². The SMILES string of the molecule is Cc1cc(-c2ccccc2)c2ccc3c(-c4cc(-c5ccc6oc7ccccc7c6c5)cc(-c5ccc6oc7ccccc7c6c5)c4)cc(C)nc3c2n1. The molecule has 0 radical (unpaired) electrons. The summed E-state index contributed by atoms with van der Waals surface area (Å²) in [6.07, 6.45) is 0. The van der Waals surface area contributed by atoms with Gasteiger partial charge in [-0.05, 0) is 125 Å². The Morgan fingerprint density at radius 1 is 0.315 bits per heavy atom. The van der Waals surface area contributed by atoms with Crippen LogP contribution in [0.5, 0.6) is 0 Å². The van der Waals surface area contributed by atoms with E-state index in [0.29, 0.717) is 0 Å². The lowest BCUT2D eigenvalue weighted by atomic mass is 9.90. The van der Waals surface area contributed by atoms with Crippen LogP contribution < -0.4 is 0 Å². The van der Waals surface area contributed by atoms with E-state index in [-0.39, 0.29) is 0 Å². The first-order valence-corrected chi connectivity index (χ1v) is 18.3. The normalized spacial score (nSPS) is 11.9. The fourth-order valence-corrected chi connectivity index (χ4v) is 8.25. The molecular formula is C50H32N2O2. The highest BCUT2D eigenvalue weighted by molar-refractivity contribution is 6.13. The van der Waals surface area contributed by atoms with Crippen LogP contribution in [0.25, 0.3) is 110 Å². The molecule has 0 bridgehead atoms. The van der Waals surface area contributed by atoms with Crippen molar-refractivity contribution in [3.05, 3.63) is 169 Å². The summed E-state index contributed by atoms with van der Waals surface area (Å²) in [7, 11) is 0. The first-order valence-electron chi connectivity index (χ1n) is 18.3. The summed E-state index contributed by atoms with van der Waals surface area (Å²) in [5.74, 6) is 0. The van der Waals surface area contributed by atoms with Crippen LogP contribution in [0.3, 0.4) is 0 Å². The topological polar surface area (TPSA) is 52.1 Å². The number of rotatable bonds is 4. The van der Waals surface area contributed by atoms with Crippen molar-refractivity contribution in [1.29, 1.82) is 0 Å². The molecule has 0 N–H and O–H groups in total. The minimum atomic E-state index is 0.883. The van der Waals surface area contributed by atoms with Gasteiger partial charge >= 0.3 is 0 Å². The van der Waals surface area contributed by atoms with Gasteiger partial charge < -0.3 is 8.83 Å². The van der Waals surface area contributed by atoms with Gasteiger partial charge in [0, 0.05) is 43.7 Å². The zero-order valence-corrected chi connectivity index (χ0v) is 29.7. The second-order valence-corrected chi connectivity index (χ2v) is 14.3. The van der Waals surface area contributed by atoms with Gasteiger partial charge in [0.25, 0.3) is 0 Å². The summed E-state index contributed by atoms with van der Waals surface area (Å²) >= 11 is 0. The van der Waals surface area contributed by atoms with E-state index >= 15 is 0 Å². The number of nitrogens with zero attached hydrogens (tertiary/aromatic N) is 2. The molecule has 0 saturated carbocycles. The molecule has 0 aliphatic rings. The third-order valence-corrected chi connectivity index (χ3v) is 10.8. The monoisotopic (exact) mass is 692 g/mol. The Kier molecular flexibility index (Phi) is 6.65. The maximum atomic E-state index is 6.22. The van der Waals surface area contributed by atoms with Crippen LogP contribution in [0.1, 0.15) is 11.4 Å². The Morgan fingerprint density at radius 2 is 0.759 bits per heavy atom. The summed E-state index contributed by atoms with van der Waals surface area (Å²) in [4.78, 5) is 10.3. The van der Waals surface area contributed by atoms with Crippen LogP contribution in [0.2, 0.25) is 0 Å². The van der Waals surface area contributed by atoms with Crippen molar-refractivity contribution in [2.75, 3.05) is 0 Å². The zero-order chi connectivity index (χ0) is 35.9. The molecule has 4 nitrogen and oxygen atoms in total. The van der Waals surface area contributed by atoms with E-state index in [0.717, 1.165) is 110 Å². The van der Waals surface area contributed by atoms with Gasteiger partial charge in [0.05, 0.1) is 11.0 Å². The minimum absolute atomic E-state index is 0.883. The molecule has 0 atom stereocenters. The van der Waals surface area contributed by atoms with Crippen LogP contribution in [0.15, 0.2) is 167 Å². The second-order valence-electron chi connectivity index (χ2n) is 14.3. The van der Waals surface area contributed by atoms with Gasteiger partial charge in [-0.1, -0.05) is 91.0 Å². The van der Waals surface area contributed by atoms with E-state index in [4.69, 9.17) is 18.8 Å². The highest BCUT2D eigenvalue weighted by atomic mass is 16.3. The number of aryl methyl sites for hydroxylation is 2. The van der Waals surface area contributed by atoms with Gasteiger partial charge in [0.1, 0.15) is 22.3 Å². The second kappa shape index (κ2) is 11.7. The molecule has 54 heavy (non-hydrogen) atoms. The minimum Gasteiger partial charge on any atom is -0.456 e. The van der Waals surface area contributed by atoms with E-state index in [1.807, 2.05) is 24.3 Å². The van der Waals surface area contributed by atoms with Crippen molar-refractivity contribution in [2.45, 2.75) is 13.8 Å². The first kappa shape index (κ1) is 30.6. The summed E-state index contributed by atoms with van der Waals surface area (Å²) in [6, 6.07) is 55.9. The number of para-hydroxylation sites is 2. The van der Waals surface area contributed by atoms with Crippen molar-refractivity contribution in [3.8, 4) is 44.5 Å². The van der Waals surface area contributed by atoms with E-state index in [1.54, 1.807) is 0 Å². The molecule has 254 valence electrons. The number of aromatic nitrogens is 2. The number of hydrogen-bond acceptors (Lipinski definition) is 4. The van der Waals surface area contributed by atoms with E-state index in [9.17, 15) is 0 Å². The fourth-order valence-electron chi connectivity index (χ4n) is 8.25. The van der Waals surface area contributed by atoms with E-state index in [1.165, 1.54) is 11.1 Å². The Balaban J connectivity index is 1.17. The van der Waals surface area contributed by atoms with Crippen LogP contribution >= 0.6 is 0 Å². The number of furan rings is 2. The Bertz CT molecular complexity index is 3170. The van der Waals surface area contributed by atoms with Crippen LogP contribution in [0.4, 0.5) is 0 Å². The summed E-state index contributed by atoms with van der Waals surface area (Å²) < 4.78 is 12.4. The quantitative estimate of drug-likeness (QED) is 0.172. The number of fused-ring (bicyclic) bond motifs is 9. The molecule has 0 aliphatic carbocycles. The molecule has 11 aromatic rings. The maximum Gasteiger partial charge on any atom is 0.135 e. The molecule has 0 amide bonds. The lowest BCUT2D eigenvalue weighted by Gasteiger charge is -2.16. The first-order chi connectivity index (χ1) is 26.5. The third kappa shape index (κ3) is 4.84. The van der Waals surface area contributed by atoms with Gasteiger partial charge in [-0.3, -0.25) is 9.97 Å². The molecule has 0 fully saturated rings. The van der Waals surface area contributed by atoms with E-state index < -0.39 is 0 Å². The summed E-state index contributed by atoms with van der Waals surface area (Å²) in [5, 5.41) is 6.61. The largest absolute Gasteiger partial charge is 0.456 e. The number of pyridine rings is 2. The highest BCUT2D eigenvalue weighted by Gasteiger charge is 2.17. The molecule has 0 aliphatic heterocycles. The Labute approximate surface area is 311 Å². The average Bonchev–Trinajstić information content (AvgIpc) is 3.78. The molecular weight excluding hydrogens is 661 g/mol. The molecule has 0 unspecified atom stereocenters. The van der Waals surface area contributed by atoms with Crippen LogP contribution in [-0.4, -0.2) is 9.97 Å². The van der Waals surface area contributed by atoms with Crippen LogP contribution in [-0.2, 0) is 0 Å². The van der Waals surface area contributed by atoms with Crippen molar-refractivity contribution in [1.82, 2.24) is 9.97 Å². The highest BCUT2D eigenvalue weighted by Crippen LogP contribution is 2.41. The smallest absolute Gasteiger partial charge is 0.135 e. The predicted molar refractivity (Wildman–Crippen MR) is 223 cm³/mol. The Hall–Kier alpha value is -7.04. The zero-order valence-electron chi connectivity index (χ0n) is 29.7. The van der Waals surface area contributed by atoms with Crippen molar-refractivity contribution in [3.63, 3.8) is 0 Å². The molecule has 7 aromatic carbocycles. The van der Waals surface area contributed by atoms with Gasteiger partial charge in [-0.15, -0.1) is 0 Å². The average molecular weight is 693 g/mol.